The van der Waals surface area contributed by atoms with Gasteiger partial charge in [0.2, 0.25) is 10.0 Å². The van der Waals surface area contributed by atoms with Crippen molar-refractivity contribution in [3.05, 3.63) is 63.3 Å². The van der Waals surface area contributed by atoms with E-state index in [-0.39, 0.29) is 16.7 Å². The number of carbonyl (C=O) groups excluding carboxylic acids is 2. The van der Waals surface area contributed by atoms with E-state index in [4.69, 9.17) is 0 Å². The molecule has 0 spiro atoms. The van der Waals surface area contributed by atoms with E-state index in [1.54, 1.807) is 0 Å². The molecule has 1 aromatic carbocycles. The minimum Gasteiger partial charge on any atom is -0.313 e. The third kappa shape index (κ3) is 5.45. The fraction of sp³-hybridized carbons (Fsp3) is 0.464. The van der Waals surface area contributed by atoms with Crippen molar-refractivity contribution in [3.63, 3.8) is 0 Å². The first-order chi connectivity index (χ1) is 18.6. The van der Waals surface area contributed by atoms with Crippen LogP contribution >= 0.6 is 11.3 Å². The number of rotatable bonds is 6. The van der Waals surface area contributed by atoms with Crippen molar-refractivity contribution in [3.8, 4) is 0 Å². The van der Waals surface area contributed by atoms with Crippen molar-refractivity contribution in [2.24, 2.45) is 5.92 Å². The molecule has 1 saturated heterocycles. The number of hydrogen-bond donors (Lipinski definition) is 1. The average molecular weight is 570 g/mol. The summed E-state index contributed by atoms with van der Waals surface area (Å²) in [4.78, 5) is 30.6. The Balaban J connectivity index is 1.42. The summed E-state index contributed by atoms with van der Waals surface area (Å²) in [7, 11) is -3.61. The molecular formula is C28H35N5O4S2. The number of aryl methyl sites for hydroxylation is 2. The van der Waals surface area contributed by atoms with E-state index in [1.165, 1.54) is 44.6 Å². The number of thiophene rings is 1. The maximum absolute atomic E-state index is 13.7. The Bertz CT molecular complexity index is 1510. The summed E-state index contributed by atoms with van der Waals surface area (Å²) >= 11 is 1.43. The number of benzene rings is 1. The Morgan fingerprint density at radius 1 is 1.15 bits per heavy atom. The van der Waals surface area contributed by atoms with Gasteiger partial charge in [-0.25, -0.2) is 13.1 Å². The predicted molar refractivity (Wildman–Crippen MR) is 152 cm³/mol. The summed E-state index contributed by atoms with van der Waals surface area (Å²) in [6.45, 7) is 11.4. The van der Waals surface area contributed by atoms with Crippen LogP contribution in [0.2, 0.25) is 0 Å². The fourth-order valence-electron chi connectivity index (χ4n) is 5.45. The van der Waals surface area contributed by atoms with E-state index in [1.807, 2.05) is 19.9 Å². The van der Waals surface area contributed by atoms with Crippen molar-refractivity contribution < 1.29 is 18.0 Å². The van der Waals surface area contributed by atoms with Crippen LogP contribution in [0, 0.1) is 19.8 Å². The lowest BCUT2D eigenvalue weighted by Gasteiger charge is -2.30. The summed E-state index contributed by atoms with van der Waals surface area (Å²) in [5.41, 5.74) is 3.27. The third-order valence-corrected chi connectivity index (χ3v) is 10.6. The van der Waals surface area contributed by atoms with E-state index < -0.39 is 10.0 Å². The van der Waals surface area contributed by atoms with Gasteiger partial charge in [-0.15, -0.1) is 11.3 Å². The van der Waals surface area contributed by atoms with Gasteiger partial charge >= 0.3 is 0 Å². The van der Waals surface area contributed by atoms with Crippen LogP contribution in [0.3, 0.4) is 0 Å². The molecule has 4 heterocycles. The molecule has 0 aliphatic carbocycles. The number of sulfonamides is 1. The first-order valence-electron chi connectivity index (χ1n) is 13.4. The molecule has 1 unspecified atom stereocenters. The standard InChI is InChI=1S/C28H35N5O4S2/c1-5-31-14-12-23-24(17-31)38-27(25(23)28(35)33-20(4)15-19(3)30-33)29-26(34)21-8-10-22(11-9-21)39(36,37)32-13-6-7-18(2)16-32/h8-11,15,18H,5-7,12-14,16-17H2,1-4H3,(H,29,34). The molecule has 0 saturated carbocycles. The number of carbonyl (C=O) groups is 2. The number of hydrogen-bond acceptors (Lipinski definition) is 7. The maximum Gasteiger partial charge on any atom is 0.281 e. The first-order valence-corrected chi connectivity index (χ1v) is 15.7. The summed E-state index contributed by atoms with van der Waals surface area (Å²) in [6, 6.07) is 7.90. The van der Waals surface area contributed by atoms with Crippen molar-refractivity contribution in [1.29, 1.82) is 0 Å². The number of nitrogens with one attached hydrogen (secondary N) is 1. The number of piperidine rings is 1. The largest absolute Gasteiger partial charge is 0.313 e. The van der Waals surface area contributed by atoms with Gasteiger partial charge in [-0.1, -0.05) is 13.8 Å². The molecule has 5 rings (SSSR count). The quantitative estimate of drug-likeness (QED) is 0.475. The topological polar surface area (TPSA) is 105 Å². The lowest BCUT2D eigenvalue weighted by molar-refractivity contribution is 0.0942. The highest BCUT2D eigenvalue weighted by Crippen LogP contribution is 2.38. The molecule has 1 fully saturated rings. The minimum absolute atomic E-state index is 0.180. The van der Waals surface area contributed by atoms with Gasteiger partial charge in [-0.3, -0.25) is 14.5 Å². The molecule has 11 heteroatoms. The molecule has 2 aliphatic rings. The van der Waals surface area contributed by atoms with Crippen molar-refractivity contribution in [2.75, 3.05) is 31.5 Å². The second-order valence-electron chi connectivity index (χ2n) is 10.6. The summed E-state index contributed by atoms with van der Waals surface area (Å²) in [6.07, 6.45) is 2.59. The maximum atomic E-state index is 13.7. The monoisotopic (exact) mass is 569 g/mol. The normalized spacial score (nSPS) is 18.6. The molecule has 0 radical (unpaired) electrons. The van der Waals surface area contributed by atoms with E-state index in [2.05, 4.69) is 29.2 Å². The fourth-order valence-corrected chi connectivity index (χ4v) is 8.32. The van der Waals surface area contributed by atoms with Crippen LogP contribution in [0.5, 0.6) is 0 Å². The van der Waals surface area contributed by atoms with E-state index in [0.29, 0.717) is 35.1 Å². The smallest absolute Gasteiger partial charge is 0.281 e. The molecule has 1 atom stereocenters. The van der Waals surface area contributed by atoms with Crippen LogP contribution in [0.4, 0.5) is 5.00 Å². The number of nitrogens with zero attached hydrogens (tertiary/aromatic N) is 4. The number of amides is 1. The summed E-state index contributed by atoms with van der Waals surface area (Å²) in [5, 5.41) is 7.85. The Kier molecular flexibility index (Phi) is 7.78. The second kappa shape index (κ2) is 11.0. The molecule has 208 valence electrons. The zero-order chi connectivity index (χ0) is 27.9. The Morgan fingerprint density at radius 2 is 1.90 bits per heavy atom. The van der Waals surface area contributed by atoms with E-state index >= 15 is 0 Å². The van der Waals surface area contributed by atoms with Gasteiger partial charge in [0.1, 0.15) is 5.00 Å². The van der Waals surface area contributed by atoms with Crippen molar-refractivity contribution in [2.45, 2.75) is 58.4 Å². The van der Waals surface area contributed by atoms with Crippen LogP contribution in [-0.4, -0.2) is 65.4 Å². The zero-order valence-corrected chi connectivity index (χ0v) is 24.5. The Labute approximate surface area is 233 Å². The van der Waals surface area contributed by atoms with Gasteiger partial charge in [0, 0.05) is 42.3 Å². The molecular weight excluding hydrogens is 534 g/mol. The lowest BCUT2D eigenvalue weighted by atomic mass is 10.0. The highest BCUT2D eigenvalue weighted by molar-refractivity contribution is 7.89. The van der Waals surface area contributed by atoms with Crippen LogP contribution < -0.4 is 5.32 Å². The lowest BCUT2D eigenvalue weighted by Crippen LogP contribution is -2.39. The van der Waals surface area contributed by atoms with Crippen LogP contribution in [0.1, 0.15) is 69.2 Å². The molecule has 39 heavy (non-hydrogen) atoms. The number of fused-ring (bicyclic) bond motifs is 1. The average Bonchev–Trinajstić information content (AvgIpc) is 3.45. The van der Waals surface area contributed by atoms with Gasteiger partial charge in [0.25, 0.3) is 11.8 Å². The molecule has 2 aromatic heterocycles. The van der Waals surface area contributed by atoms with Gasteiger partial charge in [0.05, 0.1) is 16.2 Å². The highest BCUT2D eigenvalue weighted by Gasteiger charge is 2.31. The van der Waals surface area contributed by atoms with Gasteiger partial charge in [0.15, 0.2) is 0 Å². The van der Waals surface area contributed by atoms with Crippen LogP contribution in [0.15, 0.2) is 35.2 Å². The van der Waals surface area contributed by atoms with Gasteiger partial charge < -0.3 is 5.32 Å². The van der Waals surface area contributed by atoms with Crippen molar-refractivity contribution >= 4 is 38.2 Å². The minimum atomic E-state index is -3.61. The SMILES string of the molecule is CCN1CCc2c(sc(NC(=O)c3ccc(S(=O)(=O)N4CCCC(C)C4)cc3)c2C(=O)n2nc(C)cc2C)C1. The summed E-state index contributed by atoms with van der Waals surface area (Å²) < 4.78 is 29.2. The predicted octanol–water partition coefficient (Wildman–Crippen LogP) is 4.30. The van der Waals surface area contributed by atoms with Crippen LogP contribution in [-0.2, 0) is 23.0 Å². The molecule has 9 nitrogen and oxygen atoms in total. The second-order valence-corrected chi connectivity index (χ2v) is 13.6. The number of anilines is 1. The van der Waals surface area contributed by atoms with Gasteiger partial charge in [-0.05, 0) is 81.5 Å². The third-order valence-electron chi connectivity index (χ3n) is 7.60. The molecule has 2 aliphatic heterocycles. The van der Waals surface area contributed by atoms with E-state index in [9.17, 15) is 18.0 Å². The van der Waals surface area contributed by atoms with Crippen LogP contribution in [0.25, 0.3) is 0 Å². The number of aromatic nitrogens is 2. The molecule has 3 aromatic rings. The molecule has 1 amide bonds. The first kappa shape index (κ1) is 27.7. The van der Waals surface area contributed by atoms with Crippen molar-refractivity contribution in [1.82, 2.24) is 19.0 Å². The molecule has 0 bridgehead atoms. The zero-order valence-electron chi connectivity index (χ0n) is 22.9. The highest BCUT2D eigenvalue weighted by atomic mass is 32.2. The Hall–Kier alpha value is -2.86. The van der Waals surface area contributed by atoms with E-state index in [0.717, 1.165) is 60.7 Å². The van der Waals surface area contributed by atoms with Gasteiger partial charge in [-0.2, -0.15) is 9.40 Å². The summed E-state index contributed by atoms with van der Waals surface area (Å²) in [5.74, 6) is -0.319. The Morgan fingerprint density at radius 3 is 2.54 bits per heavy atom. The number of likely N-dealkylation sites (N-methyl/N-ethyl adjacent to an activating group) is 1. The molecule has 1 N–H and O–H groups in total.